The topological polar surface area (TPSA) is 48.9 Å². The first-order valence-corrected chi connectivity index (χ1v) is 7.60. The van der Waals surface area contributed by atoms with Crippen LogP contribution in [0.25, 0.3) is 0 Å². The van der Waals surface area contributed by atoms with E-state index in [-0.39, 0.29) is 24.0 Å². The molecule has 1 rings (SSSR count). The molecule has 1 heterocycles. The number of ether oxygens (including phenoxy) is 1. The highest BCUT2D eigenvalue weighted by atomic mass is 127. The molecule has 2 N–H and O–H groups in total. The Labute approximate surface area is 140 Å². The van der Waals surface area contributed by atoms with Crippen molar-refractivity contribution in [3.8, 4) is 0 Å². The second kappa shape index (κ2) is 13.9. The van der Waals surface area contributed by atoms with Gasteiger partial charge in [0.15, 0.2) is 5.96 Å². The van der Waals surface area contributed by atoms with Crippen molar-refractivity contribution < 1.29 is 4.74 Å². The van der Waals surface area contributed by atoms with Crippen LogP contribution in [0.2, 0.25) is 0 Å². The number of rotatable bonds is 8. The van der Waals surface area contributed by atoms with Crippen molar-refractivity contribution in [2.75, 3.05) is 53.0 Å². The number of hydrogen-bond donors (Lipinski definition) is 2. The normalized spacial score (nSPS) is 16.6. The molecule has 0 aromatic rings. The standard InChI is InChI=1S/C14H30N4O.HI/c1-3-15-14(16-8-7-13-19-2)17-9-12-18-10-5-4-6-11-18;/h3-13H2,1-2H3,(H2,15,16,17);1H. The Hall–Kier alpha value is -0.0800. The van der Waals surface area contributed by atoms with Crippen LogP contribution in [0.4, 0.5) is 0 Å². The summed E-state index contributed by atoms with van der Waals surface area (Å²) in [4.78, 5) is 7.06. The van der Waals surface area contributed by atoms with Gasteiger partial charge in [0.2, 0.25) is 0 Å². The third kappa shape index (κ3) is 9.77. The fraction of sp³-hybridized carbons (Fsp3) is 0.929. The maximum atomic E-state index is 5.03. The molecule has 0 bridgehead atoms. The molecule has 1 fully saturated rings. The van der Waals surface area contributed by atoms with E-state index in [4.69, 9.17) is 4.74 Å². The van der Waals surface area contributed by atoms with Crippen LogP contribution < -0.4 is 10.6 Å². The monoisotopic (exact) mass is 398 g/mol. The Morgan fingerprint density at radius 1 is 1.20 bits per heavy atom. The maximum Gasteiger partial charge on any atom is 0.191 e. The molecule has 6 heteroatoms. The van der Waals surface area contributed by atoms with Crippen molar-refractivity contribution in [2.24, 2.45) is 4.99 Å². The molecular formula is C14H31IN4O. The van der Waals surface area contributed by atoms with Gasteiger partial charge in [-0.1, -0.05) is 6.42 Å². The molecule has 1 aliphatic rings. The predicted molar refractivity (Wildman–Crippen MR) is 96.2 cm³/mol. The number of nitrogens with zero attached hydrogens (tertiary/aromatic N) is 2. The van der Waals surface area contributed by atoms with Crippen LogP contribution in [0, 0.1) is 0 Å². The number of aliphatic imine (C=N–C) groups is 1. The van der Waals surface area contributed by atoms with Gasteiger partial charge in [-0.3, -0.25) is 4.99 Å². The third-order valence-corrected chi connectivity index (χ3v) is 3.29. The van der Waals surface area contributed by atoms with E-state index in [1.807, 2.05) is 0 Å². The lowest BCUT2D eigenvalue weighted by Crippen LogP contribution is -2.42. The number of guanidine groups is 1. The molecule has 120 valence electrons. The van der Waals surface area contributed by atoms with E-state index >= 15 is 0 Å². The van der Waals surface area contributed by atoms with Crippen LogP contribution in [0.1, 0.15) is 32.6 Å². The first-order valence-electron chi connectivity index (χ1n) is 7.60. The minimum atomic E-state index is 0. The molecule has 0 atom stereocenters. The number of halogens is 1. The zero-order valence-corrected chi connectivity index (χ0v) is 15.3. The lowest BCUT2D eigenvalue weighted by Gasteiger charge is -2.26. The summed E-state index contributed by atoms with van der Waals surface area (Å²) in [6.45, 7) is 9.17. The van der Waals surface area contributed by atoms with Crippen LogP contribution in [0.5, 0.6) is 0 Å². The SMILES string of the molecule is CCNC(=NCCCOC)NCCN1CCCCC1.I. The molecule has 0 unspecified atom stereocenters. The Kier molecular flexibility index (Phi) is 13.8. The zero-order chi connectivity index (χ0) is 13.8. The molecule has 0 aromatic heterocycles. The molecule has 0 saturated carbocycles. The first kappa shape index (κ1) is 19.9. The quantitative estimate of drug-likeness (QED) is 0.283. The van der Waals surface area contributed by atoms with E-state index in [0.717, 1.165) is 45.2 Å². The smallest absolute Gasteiger partial charge is 0.191 e. The molecular weight excluding hydrogens is 367 g/mol. The lowest BCUT2D eigenvalue weighted by molar-refractivity contribution is 0.197. The summed E-state index contributed by atoms with van der Waals surface area (Å²) in [7, 11) is 1.73. The average Bonchev–Trinajstić information content (AvgIpc) is 2.44. The number of likely N-dealkylation sites (tertiary alicyclic amines) is 1. The van der Waals surface area contributed by atoms with E-state index in [9.17, 15) is 0 Å². The van der Waals surface area contributed by atoms with Gasteiger partial charge in [-0.05, 0) is 39.3 Å². The summed E-state index contributed by atoms with van der Waals surface area (Å²) in [5.74, 6) is 0.926. The molecule has 1 aliphatic heterocycles. The Balaban J connectivity index is 0.00000361. The van der Waals surface area contributed by atoms with Crippen molar-refractivity contribution >= 4 is 29.9 Å². The van der Waals surface area contributed by atoms with Crippen LogP contribution >= 0.6 is 24.0 Å². The number of methoxy groups -OCH3 is 1. The van der Waals surface area contributed by atoms with Crippen molar-refractivity contribution in [3.63, 3.8) is 0 Å². The fourth-order valence-electron chi connectivity index (χ4n) is 2.26. The number of hydrogen-bond acceptors (Lipinski definition) is 3. The minimum Gasteiger partial charge on any atom is -0.385 e. The second-order valence-corrected chi connectivity index (χ2v) is 4.94. The number of piperidine rings is 1. The van der Waals surface area contributed by atoms with Crippen LogP contribution in [-0.4, -0.2) is 63.8 Å². The largest absolute Gasteiger partial charge is 0.385 e. The third-order valence-electron chi connectivity index (χ3n) is 3.29. The average molecular weight is 398 g/mol. The molecule has 20 heavy (non-hydrogen) atoms. The summed E-state index contributed by atoms with van der Waals surface area (Å²) in [6, 6.07) is 0. The van der Waals surface area contributed by atoms with Crippen molar-refractivity contribution in [2.45, 2.75) is 32.6 Å². The molecule has 0 aromatic carbocycles. The Morgan fingerprint density at radius 2 is 1.95 bits per heavy atom. The second-order valence-electron chi connectivity index (χ2n) is 4.94. The number of nitrogens with one attached hydrogen (secondary N) is 2. The Bertz CT molecular complexity index is 245. The van der Waals surface area contributed by atoms with E-state index < -0.39 is 0 Å². The Morgan fingerprint density at radius 3 is 2.60 bits per heavy atom. The first-order chi connectivity index (χ1) is 9.36. The highest BCUT2D eigenvalue weighted by Crippen LogP contribution is 2.07. The summed E-state index contributed by atoms with van der Waals surface area (Å²) < 4.78 is 5.03. The van der Waals surface area contributed by atoms with Crippen molar-refractivity contribution in [3.05, 3.63) is 0 Å². The molecule has 0 spiro atoms. The van der Waals surface area contributed by atoms with Gasteiger partial charge in [0.25, 0.3) is 0 Å². The fourth-order valence-corrected chi connectivity index (χ4v) is 2.26. The predicted octanol–water partition coefficient (Wildman–Crippen LogP) is 1.68. The minimum absolute atomic E-state index is 0. The summed E-state index contributed by atoms with van der Waals surface area (Å²) in [6.07, 6.45) is 5.07. The van der Waals surface area contributed by atoms with Gasteiger partial charge >= 0.3 is 0 Å². The van der Waals surface area contributed by atoms with E-state index in [2.05, 4.69) is 27.4 Å². The molecule has 0 amide bonds. The van der Waals surface area contributed by atoms with Crippen molar-refractivity contribution in [1.29, 1.82) is 0 Å². The van der Waals surface area contributed by atoms with Gasteiger partial charge in [-0.25, -0.2) is 0 Å². The van der Waals surface area contributed by atoms with Gasteiger partial charge in [-0.15, -0.1) is 24.0 Å². The molecule has 0 radical (unpaired) electrons. The maximum absolute atomic E-state index is 5.03. The van der Waals surface area contributed by atoms with E-state index in [1.165, 1.54) is 32.4 Å². The highest BCUT2D eigenvalue weighted by molar-refractivity contribution is 14.0. The van der Waals surface area contributed by atoms with Gasteiger partial charge in [0.05, 0.1) is 0 Å². The highest BCUT2D eigenvalue weighted by Gasteiger charge is 2.09. The van der Waals surface area contributed by atoms with E-state index in [0.29, 0.717) is 0 Å². The van der Waals surface area contributed by atoms with E-state index in [1.54, 1.807) is 7.11 Å². The summed E-state index contributed by atoms with van der Waals surface area (Å²) >= 11 is 0. The summed E-state index contributed by atoms with van der Waals surface area (Å²) in [5, 5.41) is 6.68. The molecule has 0 aliphatic carbocycles. The van der Waals surface area contributed by atoms with Gasteiger partial charge < -0.3 is 20.3 Å². The zero-order valence-electron chi connectivity index (χ0n) is 13.0. The lowest BCUT2D eigenvalue weighted by atomic mass is 10.1. The van der Waals surface area contributed by atoms with Crippen LogP contribution in [0.3, 0.4) is 0 Å². The van der Waals surface area contributed by atoms with Crippen LogP contribution in [-0.2, 0) is 4.74 Å². The van der Waals surface area contributed by atoms with Crippen molar-refractivity contribution in [1.82, 2.24) is 15.5 Å². The van der Waals surface area contributed by atoms with Crippen LogP contribution in [0.15, 0.2) is 4.99 Å². The van der Waals surface area contributed by atoms with Gasteiger partial charge in [0.1, 0.15) is 0 Å². The van der Waals surface area contributed by atoms with Gasteiger partial charge in [-0.2, -0.15) is 0 Å². The summed E-state index contributed by atoms with van der Waals surface area (Å²) in [5.41, 5.74) is 0. The molecule has 1 saturated heterocycles. The molecule has 5 nitrogen and oxygen atoms in total. The van der Waals surface area contributed by atoms with Gasteiger partial charge in [0, 0.05) is 39.9 Å².